The van der Waals surface area contributed by atoms with Gasteiger partial charge in [0.25, 0.3) is 0 Å². The van der Waals surface area contributed by atoms with Crippen molar-refractivity contribution in [2.45, 2.75) is 31.6 Å². The lowest BCUT2D eigenvalue weighted by Crippen LogP contribution is -2.30. The van der Waals surface area contributed by atoms with E-state index in [-0.39, 0.29) is 11.9 Å². The lowest BCUT2D eigenvalue weighted by Gasteiger charge is -2.13. The highest BCUT2D eigenvalue weighted by Crippen LogP contribution is 2.29. The highest BCUT2D eigenvalue weighted by molar-refractivity contribution is 8.00. The molecule has 0 saturated carbocycles. The molecule has 1 aromatic carbocycles. The van der Waals surface area contributed by atoms with E-state index in [0.29, 0.717) is 12.2 Å². The summed E-state index contributed by atoms with van der Waals surface area (Å²) in [5.41, 5.74) is 0.754. The van der Waals surface area contributed by atoms with Crippen LogP contribution in [0.5, 0.6) is 0 Å². The van der Waals surface area contributed by atoms with Gasteiger partial charge >= 0.3 is 5.97 Å². The van der Waals surface area contributed by atoms with Crippen LogP contribution >= 0.6 is 11.8 Å². The molecule has 104 valence electrons. The third kappa shape index (κ3) is 5.79. The highest BCUT2D eigenvalue weighted by Gasteiger charge is 2.20. The van der Waals surface area contributed by atoms with Crippen molar-refractivity contribution in [1.29, 1.82) is 0 Å². The molecule has 0 saturated heterocycles. The van der Waals surface area contributed by atoms with E-state index in [1.54, 1.807) is 12.1 Å². The number of amides is 1. The largest absolute Gasteiger partial charge is 0.480 e. The van der Waals surface area contributed by atoms with Gasteiger partial charge in [-0.1, -0.05) is 30.3 Å². The predicted octanol–water partition coefficient (Wildman–Crippen LogP) is 2.46. The molecule has 5 heteroatoms. The molecule has 2 N–H and O–H groups in total. The van der Waals surface area contributed by atoms with Gasteiger partial charge < -0.3 is 10.4 Å². The summed E-state index contributed by atoms with van der Waals surface area (Å²) < 4.78 is 0. The molecule has 4 nitrogen and oxygen atoms in total. The van der Waals surface area contributed by atoms with E-state index < -0.39 is 11.2 Å². The summed E-state index contributed by atoms with van der Waals surface area (Å²) in [5, 5.41) is 11.4. The van der Waals surface area contributed by atoms with Crippen molar-refractivity contribution in [3.63, 3.8) is 0 Å². The van der Waals surface area contributed by atoms with Gasteiger partial charge in [-0.3, -0.25) is 9.59 Å². The minimum absolute atomic E-state index is 0.0419. The number of nitrogens with one attached hydrogen (secondary N) is 1. The quantitative estimate of drug-likeness (QED) is 0.805. The number of hydrogen-bond acceptors (Lipinski definition) is 3. The SMILES string of the molecule is CC(C)NC(=O)CCSC(C(=O)O)c1ccccc1. The third-order valence-electron chi connectivity index (χ3n) is 2.39. The number of carbonyl (C=O) groups excluding carboxylic acids is 1. The minimum atomic E-state index is -0.875. The fourth-order valence-corrected chi connectivity index (χ4v) is 2.63. The normalized spacial score (nSPS) is 12.2. The van der Waals surface area contributed by atoms with Crippen molar-refractivity contribution < 1.29 is 14.7 Å². The average Bonchev–Trinajstić information content (AvgIpc) is 2.34. The second-order valence-electron chi connectivity index (χ2n) is 4.47. The Labute approximate surface area is 117 Å². The molecular weight excluding hydrogens is 262 g/mol. The van der Waals surface area contributed by atoms with Gasteiger partial charge in [-0.25, -0.2) is 0 Å². The van der Waals surface area contributed by atoms with Crippen molar-refractivity contribution in [3.8, 4) is 0 Å². The molecule has 1 unspecified atom stereocenters. The minimum Gasteiger partial charge on any atom is -0.480 e. The molecule has 0 aliphatic rings. The van der Waals surface area contributed by atoms with Gasteiger partial charge in [-0.15, -0.1) is 11.8 Å². The van der Waals surface area contributed by atoms with Crippen molar-refractivity contribution >= 4 is 23.6 Å². The summed E-state index contributed by atoms with van der Waals surface area (Å²) in [7, 11) is 0. The Morgan fingerprint density at radius 1 is 1.26 bits per heavy atom. The second kappa shape index (κ2) is 7.84. The highest BCUT2D eigenvalue weighted by atomic mass is 32.2. The standard InChI is InChI=1S/C14H19NO3S/c1-10(2)15-12(16)8-9-19-13(14(17)18)11-6-4-3-5-7-11/h3-7,10,13H,8-9H2,1-2H3,(H,15,16)(H,17,18). The first-order valence-corrected chi connectivity index (χ1v) is 7.24. The Balaban J connectivity index is 2.48. The van der Waals surface area contributed by atoms with Crippen LogP contribution in [0.4, 0.5) is 0 Å². The molecule has 0 spiro atoms. The van der Waals surface area contributed by atoms with Gasteiger partial charge in [-0.05, 0) is 19.4 Å². The van der Waals surface area contributed by atoms with E-state index >= 15 is 0 Å². The van der Waals surface area contributed by atoms with Gasteiger partial charge in [-0.2, -0.15) is 0 Å². The molecule has 1 aromatic rings. The Morgan fingerprint density at radius 3 is 2.42 bits per heavy atom. The Bertz CT molecular complexity index is 420. The zero-order valence-corrected chi connectivity index (χ0v) is 11.9. The first kappa shape index (κ1) is 15.6. The molecule has 19 heavy (non-hydrogen) atoms. The molecule has 0 aromatic heterocycles. The van der Waals surface area contributed by atoms with Gasteiger partial charge in [0.1, 0.15) is 5.25 Å². The maximum atomic E-state index is 11.5. The van der Waals surface area contributed by atoms with Crippen molar-refractivity contribution in [2.75, 3.05) is 5.75 Å². The number of thioether (sulfide) groups is 1. The molecule has 0 bridgehead atoms. The molecule has 1 amide bonds. The van der Waals surface area contributed by atoms with Crippen molar-refractivity contribution in [1.82, 2.24) is 5.32 Å². The number of hydrogen-bond donors (Lipinski definition) is 2. The smallest absolute Gasteiger partial charge is 0.321 e. The first-order valence-electron chi connectivity index (χ1n) is 6.19. The van der Waals surface area contributed by atoms with Crippen LogP contribution in [0.1, 0.15) is 31.1 Å². The maximum absolute atomic E-state index is 11.5. The molecule has 1 rings (SSSR count). The van der Waals surface area contributed by atoms with Crippen LogP contribution < -0.4 is 5.32 Å². The van der Waals surface area contributed by atoms with Crippen molar-refractivity contribution in [2.24, 2.45) is 0 Å². The van der Waals surface area contributed by atoms with E-state index in [2.05, 4.69) is 5.32 Å². The van der Waals surface area contributed by atoms with Crippen LogP contribution in [0, 0.1) is 0 Å². The van der Waals surface area contributed by atoms with E-state index in [0.717, 1.165) is 5.56 Å². The van der Waals surface area contributed by atoms with Crippen LogP contribution in [0.25, 0.3) is 0 Å². The molecule has 1 atom stereocenters. The second-order valence-corrected chi connectivity index (χ2v) is 5.68. The first-order chi connectivity index (χ1) is 9.00. The Morgan fingerprint density at radius 2 is 1.89 bits per heavy atom. The van der Waals surface area contributed by atoms with Crippen LogP contribution in [0.2, 0.25) is 0 Å². The van der Waals surface area contributed by atoms with Crippen LogP contribution in [-0.4, -0.2) is 28.8 Å². The Hall–Kier alpha value is -1.49. The van der Waals surface area contributed by atoms with E-state index in [1.807, 2.05) is 32.0 Å². The van der Waals surface area contributed by atoms with Gasteiger partial charge in [0.05, 0.1) is 0 Å². The summed E-state index contributed by atoms with van der Waals surface area (Å²) in [5.74, 6) is -0.426. The van der Waals surface area contributed by atoms with Crippen LogP contribution in [0.3, 0.4) is 0 Å². The topological polar surface area (TPSA) is 66.4 Å². The number of benzene rings is 1. The zero-order chi connectivity index (χ0) is 14.3. The zero-order valence-electron chi connectivity index (χ0n) is 11.1. The lowest BCUT2D eigenvalue weighted by atomic mass is 10.1. The van der Waals surface area contributed by atoms with E-state index in [4.69, 9.17) is 0 Å². The number of rotatable bonds is 7. The number of carboxylic acid groups (broad SMARTS) is 1. The van der Waals surface area contributed by atoms with E-state index in [9.17, 15) is 14.7 Å². The van der Waals surface area contributed by atoms with Crippen molar-refractivity contribution in [3.05, 3.63) is 35.9 Å². The molecule has 0 heterocycles. The van der Waals surface area contributed by atoms with Gasteiger partial charge in [0.2, 0.25) is 5.91 Å². The van der Waals surface area contributed by atoms with Crippen LogP contribution in [0.15, 0.2) is 30.3 Å². The van der Waals surface area contributed by atoms with Gasteiger partial charge in [0, 0.05) is 18.2 Å². The molecular formula is C14H19NO3S. The molecule has 0 aliphatic heterocycles. The third-order valence-corrected chi connectivity index (χ3v) is 3.64. The molecule has 0 fully saturated rings. The number of aliphatic carboxylic acids is 1. The fourth-order valence-electron chi connectivity index (χ4n) is 1.60. The number of carbonyl (C=O) groups is 2. The monoisotopic (exact) mass is 281 g/mol. The average molecular weight is 281 g/mol. The Kier molecular flexibility index (Phi) is 6.42. The maximum Gasteiger partial charge on any atom is 0.321 e. The van der Waals surface area contributed by atoms with Gasteiger partial charge in [0.15, 0.2) is 0 Å². The molecule has 0 radical (unpaired) electrons. The summed E-state index contributed by atoms with van der Waals surface area (Å²) in [4.78, 5) is 22.7. The lowest BCUT2D eigenvalue weighted by molar-refractivity contribution is -0.136. The number of carboxylic acids is 1. The summed E-state index contributed by atoms with van der Waals surface area (Å²) in [6.45, 7) is 3.80. The fraction of sp³-hybridized carbons (Fsp3) is 0.429. The van der Waals surface area contributed by atoms with E-state index in [1.165, 1.54) is 11.8 Å². The molecule has 0 aliphatic carbocycles. The summed E-state index contributed by atoms with van der Waals surface area (Å²) in [6.07, 6.45) is 0.333. The summed E-state index contributed by atoms with van der Waals surface area (Å²) in [6, 6.07) is 9.18. The van der Waals surface area contributed by atoms with Crippen LogP contribution in [-0.2, 0) is 9.59 Å². The predicted molar refractivity (Wildman–Crippen MR) is 77.2 cm³/mol. The summed E-state index contributed by atoms with van der Waals surface area (Å²) >= 11 is 1.28.